The highest BCUT2D eigenvalue weighted by atomic mass is 16.5. The lowest BCUT2D eigenvalue weighted by molar-refractivity contribution is 0.403. The van der Waals surface area contributed by atoms with E-state index in [4.69, 9.17) is 4.52 Å². The molecule has 1 fully saturated rings. The van der Waals surface area contributed by atoms with E-state index in [2.05, 4.69) is 26.5 Å². The topological polar surface area (TPSA) is 63.8 Å². The van der Waals surface area contributed by atoms with Crippen LogP contribution in [0.25, 0.3) is 0 Å². The van der Waals surface area contributed by atoms with Crippen LogP contribution in [-0.4, -0.2) is 28.2 Å². The fourth-order valence-electron chi connectivity index (χ4n) is 2.24. The van der Waals surface area contributed by atoms with Crippen molar-refractivity contribution >= 4 is 0 Å². The predicted octanol–water partition coefficient (Wildman–Crippen LogP) is 0.935. The van der Waals surface area contributed by atoms with Crippen LogP contribution in [-0.2, 0) is 0 Å². The van der Waals surface area contributed by atoms with Gasteiger partial charge in [0.25, 0.3) is 0 Å². The van der Waals surface area contributed by atoms with Gasteiger partial charge in [0.05, 0.1) is 0 Å². The molecule has 1 aliphatic rings. The van der Waals surface area contributed by atoms with Gasteiger partial charge in [-0.05, 0) is 11.6 Å². The highest BCUT2D eigenvalue weighted by Crippen LogP contribution is 2.33. The van der Waals surface area contributed by atoms with Crippen LogP contribution in [0.15, 0.2) is 35.4 Å². The van der Waals surface area contributed by atoms with E-state index in [1.807, 2.05) is 12.3 Å². The van der Waals surface area contributed by atoms with Crippen LogP contribution < -0.4 is 5.32 Å². The van der Waals surface area contributed by atoms with Crippen LogP contribution in [0, 0.1) is 0 Å². The molecule has 1 N–H and O–H groups in total. The van der Waals surface area contributed by atoms with Crippen LogP contribution in [0.3, 0.4) is 0 Å². The summed E-state index contributed by atoms with van der Waals surface area (Å²) in [5.41, 5.74) is 1.22. The van der Waals surface area contributed by atoms with Crippen molar-refractivity contribution in [3.05, 3.63) is 42.3 Å². The number of rotatable bonds is 2. The van der Waals surface area contributed by atoms with Crippen molar-refractivity contribution in [2.24, 2.45) is 0 Å². The monoisotopic (exact) mass is 216 g/mol. The number of nitrogens with zero attached hydrogens (tertiary/aromatic N) is 3. The molecular weight excluding hydrogens is 204 g/mol. The Labute approximate surface area is 92.9 Å². The maximum absolute atomic E-state index is 4.81. The number of aromatic nitrogens is 3. The third-order valence-electron chi connectivity index (χ3n) is 3.04. The van der Waals surface area contributed by atoms with E-state index in [-0.39, 0.29) is 5.92 Å². The Morgan fingerprint density at radius 2 is 2.25 bits per heavy atom. The summed E-state index contributed by atoms with van der Waals surface area (Å²) in [6.45, 7) is 1.82. The quantitative estimate of drug-likeness (QED) is 0.809. The zero-order valence-corrected chi connectivity index (χ0v) is 8.71. The average Bonchev–Trinajstić information content (AvgIpc) is 3.01. The summed E-state index contributed by atoms with van der Waals surface area (Å²) in [4.78, 5) is 8.29. The Bertz CT molecular complexity index is 442. The summed E-state index contributed by atoms with van der Waals surface area (Å²) in [6, 6.07) is 4.05. The molecule has 3 rings (SSSR count). The Balaban J connectivity index is 1.90. The second kappa shape index (κ2) is 4.02. The molecule has 16 heavy (non-hydrogen) atoms. The maximum Gasteiger partial charge on any atom is 0.213 e. The first-order valence-electron chi connectivity index (χ1n) is 5.32. The molecule has 0 aromatic carbocycles. The zero-order valence-electron chi connectivity index (χ0n) is 8.71. The number of nitrogens with one attached hydrogen (secondary N) is 1. The van der Waals surface area contributed by atoms with Gasteiger partial charge in [-0.2, -0.15) is 4.98 Å². The fraction of sp³-hybridized carbons (Fsp3) is 0.364. The maximum atomic E-state index is 4.81. The molecule has 0 amide bonds. The fourth-order valence-corrected chi connectivity index (χ4v) is 2.24. The summed E-state index contributed by atoms with van der Waals surface area (Å²) < 4.78 is 4.81. The first-order valence-corrected chi connectivity index (χ1v) is 5.32. The third-order valence-corrected chi connectivity index (χ3v) is 3.04. The Hall–Kier alpha value is -1.75. The largest absolute Gasteiger partial charge is 0.343 e. The minimum Gasteiger partial charge on any atom is -0.343 e. The van der Waals surface area contributed by atoms with Gasteiger partial charge in [0.2, 0.25) is 6.39 Å². The van der Waals surface area contributed by atoms with E-state index >= 15 is 0 Å². The van der Waals surface area contributed by atoms with Gasteiger partial charge in [0, 0.05) is 37.3 Å². The molecule has 5 nitrogen and oxygen atoms in total. The molecule has 2 atom stereocenters. The summed E-state index contributed by atoms with van der Waals surface area (Å²) in [5, 5.41) is 7.29. The summed E-state index contributed by atoms with van der Waals surface area (Å²) in [6.07, 6.45) is 5.08. The standard InChI is InChI=1S/C11H12N4O/c1-2-8(4-12-3-1)9-5-13-6-10(9)11-14-7-16-15-11/h1-4,7,9-10,13H,5-6H2/t9-,10-/m0/s1. The van der Waals surface area contributed by atoms with Crippen LogP contribution in [0.4, 0.5) is 0 Å². The summed E-state index contributed by atoms with van der Waals surface area (Å²) >= 11 is 0. The van der Waals surface area contributed by atoms with Gasteiger partial charge in [-0.3, -0.25) is 4.98 Å². The molecule has 0 saturated carbocycles. The molecule has 0 aliphatic carbocycles. The van der Waals surface area contributed by atoms with Gasteiger partial charge < -0.3 is 9.84 Å². The summed E-state index contributed by atoms with van der Waals surface area (Å²) in [5.74, 6) is 1.44. The average molecular weight is 216 g/mol. The van der Waals surface area contributed by atoms with Crippen molar-refractivity contribution in [3.8, 4) is 0 Å². The van der Waals surface area contributed by atoms with Crippen molar-refractivity contribution in [1.29, 1.82) is 0 Å². The van der Waals surface area contributed by atoms with Gasteiger partial charge in [-0.1, -0.05) is 11.2 Å². The van der Waals surface area contributed by atoms with Crippen molar-refractivity contribution in [3.63, 3.8) is 0 Å². The normalized spacial score (nSPS) is 24.8. The van der Waals surface area contributed by atoms with Gasteiger partial charge in [0.15, 0.2) is 5.82 Å². The molecule has 82 valence electrons. The smallest absolute Gasteiger partial charge is 0.213 e. The van der Waals surface area contributed by atoms with Crippen molar-refractivity contribution in [2.75, 3.05) is 13.1 Å². The molecular formula is C11H12N4O. The SMILES string of the molecule is c1cncc([C@@H]2CNC[C@@H]2c2ncon2)c1. The van der Waals surface area contributed by atoms with Gasteiger partial charge in [-0.25, -0.2) is 0 Å². The van der Waals surface area contributed by atoms with E-state index in [1.54, 1.807) is 6.20 Å². The van der Waals surface area contributed by atoms with Gasteiger partial charge in [-0.15, -0.1) is 0 Å². The van der Waals surface area contributed by atoms with E-state index in [0.717, 1.165) is 18.9 Å². The number of hydrogen-bond donors (Lipinski definition) is 1. The Morgan fingerprint density at radius 1 is 1.31 bits per heavy atom. The molecule has 0 bridgehead atoms. The lowest BCUT2D eigenvalue weighted by atomic mass is 9.89. The molecule has 0 unspecified atom stereocenters. The molecule has 2 aromatic heterocycles. The third kappa shape index (κ3) is 1.59. The zero-order chi connectivity index (χ0) is 10.8. The molecule has 5 heteroatoms. The number of pyridine rings is 1. The second-order valence-electron chi connectivity index (χ2n) is 3.95. The van der Waals surface area contributed by atoms with Crippen LogP contribution >= 0.6 is 0 Å². The Morgan fingerprint density at radius 3 is 3.00 bits per heavy atom. The van der Waals surface area contributed by atoms with Crippen LogP contribution in [0.2, 0.25) is 0 Å². The minimum absolute atomic E-state index is 0.281. The lowest BCUT2D eigenvalue weighted by Crippen LogP contribution is -2.10. The van der Waals surface area contributed by atoms with Crippen molar-refractivity contribution in [1.82, 2.24) is 20.4 Å². The second-order valence-corrected chi connectivity index (χ2v) is 3.95. The first-order chi connectivity index (χ1) is 7.95. The van der Waals surface area contributed by atoms with Crippen molar-refractivity contribution < 1.29 is 4.52 Å². The van der Waals surface area contributed by atoms with Gasteiger partial charge in [0.1, 0.15) is 0 Å². The van der Waals surface area contributed by atoms with Crippen LogP contribution in [0.1, 0.15) is 23.2 Å². The summed E-state index contributed by atoms with van der Waals surface area (Å²) in [7, 11) is 0. The number of hydrogen-bond acceptors (Lipinski definition) is 5. The minimum atomic E-state index is 0.281. The highest BCUT2D eigenvalue weighted by Gasteiger charge is 2.32. The molecule has 0 spiro atoms. The van der Waals surface area contributed by atoms with E-state index in [0.29, 0.717) is 5.92 Å². The van der Waals surface area contributed by atoms with Crippen molar-refractivity contribution in [2.45, 2.75) is 11.8 Å². The Kier molecular flexibility index (Phi) is 2.38. The molecule has 0 radical (unpaired) electrons. The highest BCUT2D eigenvalue weighted by molar-refractivity contribution is 5.22. The molecule has 1 saturated heterocycles. The van der Waals surface area contributed by atoms with E-state index in [1.165, 1.54) is 12.0 Å². The lowest BCUT2D eigenvalue weighted by Gasteiger charge is -2.14. The first kappa shape index (κ1) is 9.47. The van der Waals surface area contributed by atoms with Gasteiger partial charge >= 0.3 is 0 Å². The molecule has 3 heterocycles. The molecule has 1 aliphatic heterocycles. The predicted molar refractivity (Wildman–Crippen MR) is 56.9 cm³/mol. The molecule has 2 aromatic rings. The van der Waals surface area contributed by atoms with E-state index < -0.39 is 0 Å². The van der Waals surface area contributed by atoms with Crippen LogP contribution in [0.5, 0.6) is 0 Å². The van der Waals surface area contributed by atoms with E-state index in [9.17, 15) is 0 Å².